The zero-order valence-electron chi connectivity index (χ0n) is 12.2. The largest absolute Gasteiger partial charge is 0.468 e. The average Bonchev–Trinajstić information content (AvgIpc) is 2.36. The van der Waals surface area contributed by atoms with Crippen LogP contribution in [0.4, 0.5) is 5.69 Å². The van der Waals surface area contributed by atoms with Crippen LogP contribution in [0.15, 0.2) is 15.5 Å². The van der Waals surface area contributed by atoms with Crippen molar-refractivity contribution in [3.05, 3.63) is 21.0 Å². The average molecular weight is 346 g/mol. The van der Waals surface area contributed by atoms with Gasteiger partial charge in [-0.05, 0) is 27.8 Å². The Morgan fingerprint density at radius 3 is 2.70 bits per heavy atom. The second-order valence-corrected chi connectivity index (χ2v) is 6.44. The molecule has 112 valence electrons. The molecular formula is C13H20BrN3O3. The van der Waals surface area contributed by atoms with Gasteiger partial charge in [0.2, 0.25) is 0 Å². The highest BCUT2D eigenvalue weighted by atomic mass is 79.9. The Kier molecular flexibility index (Phi) is 5.74. The van der Waals surface area contributed by atoms with E-state index >= 15 is 0 Å². The maximum Gasteiger partial charge on any atom is 0.327 e. The first-order chi connectivity index (χ1) is 9.24. The molecule has 0 bridgehead atoms. The summed E-state index contributed by atoms with van der Waals surface area (Å²) >= 11 is 3.24. The van der Waals surface area contributed by atoms with Crippen LogP contribution >= 0.6 is 15.9 Å². The van der Waals surface area contributed by atoms with Crippen LogP contribution < -0.4 is 10.9 Å². The van der Waals surface area contributed by atoms with Gasteiger partial charge in [-0.3, -0.25) is 9.59 Å². The Morgan fingerprint density at radius 2 is 2.15 bits per heavy atom. The van der Waals surface area contributed by atoms with Crippen molar-refractivity contribution in [2.75, 3.05) is 19.0 Å². The number of halogens is 1. The van der Waals surface area contributed by atoms with E-state index in [1.54, 1.807) is 0 Å². The molecular weight excluding hydrogens is 326 g/mol. The number of methoxy groups -OCH3 is 1. The molecule has 0 spiro atoms. The first kappa shape index (κ1) is 16.7. The van der Waals surface area contributed by atoms with Gasteiger partial charge in [-0.1, -0.05) is 20.8 Å². The number of ether oxygens (including phenoxy) is 1. The number of carbonyl (C=O) groups is 1. The lowest BCUT2D eigenvalue weighted by molar-refractivity contribution is -0.141. The molecule has 1 N–H and O–H groups in total. The minimum absolute atomic E-state index is 0.198. The third-order valence-corrected chi connectivity index (χ3v) is 3.45. The van der Waals surface area contributed by atoms with Gasteiger partial charge in [-0.15, -0.1) is 0 Å². The summed E-state index contributed by atoms with van der Waals surface area (Å²) in [6, 6.07) is 0. The molecule has 7 heteroatoms. The van der Waals surface area contributed by atoms with Crippen molar-refractivity contribution in [2.24, 2.45) is 5.41 Å². The number of aromatic nitrogens is 2. The van der Waals surface area contributed by atoms with Crippen LogP contribution in [0.3, 0.4) is 0 Å². The Hall–Kier alpha value is -1.37. The van der Waals surface area contributed by atoms with Crippen LogP contribution in [0.1, 0.15) is 27.2 Å². The molecule has 1 aromatic rings. The van der Waals surface area contributed by atoms with Crippen LogP contribution in [0.2, 0.25) is 0 Å². The molecule has 0 aliphatic heterocycles. The first-order valence-corrected chi connectivity index (χ1v) is 7.10. The fraction of sp³-hybridized carbons (Fsp3) is 0.615. The van der Waals surface area contributed by atoms with E-state index in [9.17, 15) is 9.59 Å². The van der Waals surface area contributed by atoms with Crippen LogP contribution in [0.5, 0.6) is 0 Å². The van der Waals surface area contributed by atoms with Gasteiger partial charge in [0.15, 0.2) is 0 Å². The number of esters is 1. The van der Waals surface area contributed by atoms with Crippen molar-refractivity contribution in [3.63, 3.8) is 0 Å². The van der Waals surface area contributed by atoms with Gasteiger partial charge in [0.25, 0.3) is 5.56 Å². The molecule has 0 fully saturated rings. The molecule has 0 radical (unpaired) electrons. The van der Waals surface area contributed by atoms with Crippen molar-refractivity contribution < 1.29 is 9.53 Å². The van der Waals surface area contributed by atoms with Crippen molar-refractivity contribution >= 4 is 27.6 Å². The van der Waals surface area contributed by atoms with Crippen LogP contribution in [-0.4, -0.2) is 29.4 Å². The highest BCUT2D eigenvalue weighted by molar-refractivity contribution is 9.10. The van der Waals surface area contributed by atoms with Crippen molar-refractivity contribution in [1.29, 1.82) is 0 Å². The third-order valence-electron chi connectivity index (χ3n) is 2.68. The molecule has 0 aliphatic rings. The zero-order chi connectivity index (χ0) is 15.3. The number of anilines is 1. The van der Waals surface area contributed by atoms with Crippen LogP contribution in [0.25, 0.3) is 0 Å². The van der Waals surface area contributed by atoms with Crippen LogP contribution in [-0.2, 0) is 16.1 Å². The minimum atomic E-state index is -0.514. The number of hydrogen-bond acceptors (Lipinski definition) is 5. The van der Waals surface area contributed by atoms with Crippen LogP contribution in [0, 0.1) is 5.41 Å². The second-order valence-electron chi connectivity index (χ2n) is 5.65. The van der Waals surface area contributed by atoms with Gasteiger partial charge in [0.05, 0.1) is 19.0 Å². The highest BCUT2D eigenvalue weighted by Gasteiger charge is 2.13. The molecule has 6 nitrogen and oxygen atoms in total. The van der Waals surface area contributed by atoms with E-state index in [1.807, 2.05) is 0 Å². The van der Waals surface area contributed by atoms with E-state index in [4.69, 9.17) is 0 Å². The predicted octanol–water partition coefficient (Wildman–Crippen LogP) is 2.03. The summed E-state index contributed by atoms with van der Waals surface area (Å²) in [7, 11) is 1.27. The second kappa shape index (κ2) is 6.88. The molecule has 20 heavy (non-hydrogen) atoms. The van der Waals surface area contributed by atoms with E-state index < -0.39 is 5.97 Å². The molecule has 1 heterocycles. The molecule has 0 aliphatic carbocycles. The van der Waals surface area contributed by atoms with Gasteiger partial charge in [0, 0.05) is 6.54 Å². The fourth-order valence-electron chi connectivity index (χ4n) is 1.46. The number of nitrogens with one attached hydrogen (secondary N) is 1. The summed E-state index contributed by atoms with van der Waals surface area (Å²) in [6.45, 7) is 6.99. The first-order valence-electron chi connectivity index (χ1n) is 6.31. The Morgan fingerprint density at radius 1 is 1.50 bits per heavy atom. The Labute approximate surface area is 126 Å². The predicted molar refractivity (Wildman–Crippen MR) is 80.8 cm³/mol. The van der Waals surface area contributed by atoms with E-state index in [0.717, 1.165) is 17.6 Å². The van der Waals surface area contributed by atoms with Gasteiger partial charge in [-0.25, -0.2) is 4.68 Å². The lowest BCUT2D eigenvalue weighted by atomic mass is 9.92. The molecule has 0 saturated carbocycles. The van der Waals surface area contributed by atoms with Gasteiger partial charge < -0.3 is 10.1 Å². The molecule has 0 saturated heterocycles. The summed E-state index contributed by atoms with van der Waals surface area (Å²) in [5, 5.41) is 7.12. The molecule has 0 atom stereocenters. The molecule has 0 amide bonds. The molecule has 0 aromatic carbocycles. The summed E-state index contributed by atoms with van der Waals surface area (Å²) in [4.78, 5) is 23.2. The van der Waals surface area contributed by atoms with E-state index in [0.29, 0.717) is 10.2 Å². The number of rotatable bonds is 5. The SMILES string of the molecule is COC(=O)Cn1ncc(NCCC(C)(C)C)c(Br)c1=O. The maximum atomic E-state index is 12.0. The maximum absolute atomic E-state index is 12.0. The third kappa shape index (κ3) is 4.96. The fourth-order valence-corrected chi connectivity index (χ4v) is 1.91. The van der Waals surface area contributed by atoms with Gasteiger partial charge in [0.1, 0.15) is 11.0 Å². The van der Waals surface area contributed by atoms with Crippen molar-refractivity contribution in [2.45, 2.75) is 33.7 Å². The Balaban J connectivity index is 2.79. The minimum Gasteiger partial charge on any atom is -0.468 e. The summed E-state index contributed by atoms with van der Waals surface area (Å²) < 4.78 is 5.94. The van der Waals surface area contributed by atoms with E-state index in [-0.39, 0.29) is 17.5 Å². The van der Waals surface area contributed by atoms with Crippen molar-refractivity contribution in [1.82, 2.24) is 9.78 Å². The quantitative estimate of drug-likeness (QED) is 0.826. The number of nitrogens with zero attached hydrogens (tertiary/aromatic N) is 2. The molecule has 1 rings (SSSR count). The van der Waals surface area contributed by atoms with Gasteiger partial charge in [-0.2, -0.15) is 5.10 Å². The Bertz CT molecular complexity index is 535. The normalized spacial score (nSPS) is 11.2. The summed E-state index contributed by atoms with van der Waals surface area (Å²) in [5.41, 5.74) is 0.476. The lowest BCUT2D eigenvalue weighted by Crippen LogP contribution is -2.28. The van der Waals surface area contributed by atoms with E-state index in [1.165, 1.54) is 13.3 Å². The molecule has 1 aromatic heterocycles. The number of hydrogen-bond donors (Lipinski definition) is 1. The van der Waals surface area contributed by atoms with E-state index in [2.05, 4.69) is 51.9 Å². The lowest BCUT2D eigenvalue weighted by Gasteiger charge is -2.18. The van der Waals surface area contributed by atoms with Crippen molar-refractivity contribution in [3.8, 4) is 0 Å². The molecule has 0 unspecified atom stereocenters. The zero-order valence-corrected chi connectivity index (χ0v) is 13.8. The summed E-state index contributed by atoms with van der Waals surface area (Å²) in [5.74, 6) is -0.514. The van der Waals surface area contributed by atoms with Gasteiger partial charge >= 0.3 is 5.97 Å². The monoisotopic (exact) mass is 345 g/mol. The summed E-state index contributed by atoms with van der Waals surface area (Å²) in [6.07, 6.45) is 2.49. The highest BCUT2D eigenvalue weighted by Crippen LogP contribution is 2.20. The number of carbonyl (C=O) groups excluding carboxylic acids is 1. The standard InChI is InChI=1S/C13H20BrN3O3/c1-13(2,3)5-6-15-9-7-16-17(8-10(18)20-4)12(19)11(9)14/h7,15H,5-6,8H2,1-4H3. The topological polar surface area (TPSA) is 73.2 Å². The smallest absolute Gasteiger partial charge is 0.327 e.